The van der Waals surface area contributed by atoms with E-state index in [1.165, 1.54) is 45.2 Å². The van der Waals surface area contributed by atoms with Crippen molar-refractivity contribution < 1.29 is 5.11 Å². The summed E-state index contributed by atoms with van der Waals surface area (Å²) < 4.78 is 0. The van der Waals surface area contributed by atoms with Gasteiger partial charge in [0.05, 0.1) is 6.61 Å². The standard InChI is InChI=1S/C15H31N3O/c19-13-12-18-10-8-17(9-11-18)7-6-16-14-15-4-2-1-3-5-15/h15-16,19H,1-14H2. The Labute approximate surface area is 118 Å². The average Bonchev–Trinajstić information content (AvgIpc) is 2.47. The molecule has 1 saturated heterocycles. The SMILES string of the molecule is OCCN1CCN(CCNCC2CCCCC2)CC1. The molecule has 112 valence electrons. The first-order valence-electron chi connectivity index (χ1n) is 8.15. The number of hydrogen-bond acceptors (Lipinski definition) is 4. The Bertz CT molecular complexity index is 223. The fourth-order valence-electron chi connectivity index (χ4n) is 3.31. The van der Waals surface area contributed by atoms with Crippen molar-refractivity contribution in [2.45, 2.75) is 32.1 Å². The second kappa shape index (κ2) is 8.90. The lowest BCUT2D eigenvalue weighted by Gasteiger charge is -2.34. The summed E-state index contributed by atoms with van der Waals surface area (Å²) >= 11 is 0. The molecular weight excluding hydrogens is 238 g/mol. The maximum Gasteiger partial charge on any atom is 0.0558 e. The van der Waals surface area contributed by atoms with Crippen LogP contribution in [0.2, 0.25) is 0 Å². The Kier molecular flexibility index (Phi) is 7.14. The molecule has 0 amide bonds. The predicted octanol–water partition coefficient (Wildman–Crippen LogP) is 0.766. The van der Waals surface area contributed by atoms with Crippen LogP contribution < -0.4 is 5.32 Å². The Morgan fingerprint density at radius 3 is 2.16 bits per heavy atom. The van der Waals surface area contributed by atoms with E-state index < -0.39 is 0 Å². The Hall–Kier alpha value is -0.160. The normalized spacial score (nSPS) is 23.8. The van der Waals surface area contributed by atoms with E-state index in [0.717, 1.165) is 45.2 Å². The van der Waals surface area contributed by atoms with Crippen molar-refractivity contribution in [3.8, 4) is 0 Å². The number of piperazine rings is 1. The highest BCUT2D eigenvalue weighted by Crippen LogP contribution is 2.22. The van der Waals surface area contributed by atoms with Crippen molar-refractivity contribution in [3.05, 3.63) is 0 Å². The minimum atomic E-state index is 0.295. The quantitative estimate of drug-likeness (QED) is 0.670. The van der Waals surface area contributed by atoms with Gasteiger partial charge in [-0.3, -0.25) is 9.80 Å². The van der Waals surface area contributed by atoms with Gasteiger partial charge in [0.25, 0.3) is 0 Å². The van der Waals surface area contributed by atoms with Crippen LogP contribution in [0.5, 0.6) is 0 Å². The highest BCUT2D eigenvalue weighted by molar-refractivity contribution is 4.73. The van der Waals surface area contributed by atoms with E-state index in [0.29, 0.717) is 6.61 Å². The summed E-state index contributed by atoms with van der Waals surface area (Å²) in [7, 11) is 0. The van der Waals surface area contributed by atoms with Crippen LogP contribution in [-0.4, -0.2) is 73.9 Å². The molecule has 0 unspecified atom stereocenters. The molecule has 1 saturated carbocycles. The molecule has 1 aliphatic carbocycles. The number of nitrogens with one attached hydrogen (secondary N) is 1. The lowest BCUT2D eigenvalue weighted by atomic mass is 9.89. The van der Waals surface area contributed by atoms with Gasteiger partial charge in [-0.25, -0.2) is 0 Å². The zero-order chi connectivity index (χ0) is 13.3. The summed E-state index contributed by atoms with van der Waals surface area (Å²) in [6.45, 7) is 9.22. The van der Waals surface area contributed by atoms with Crippen molar-refractivity contribution in [2.24, 2.45) is 5.92 Å². The third-order valence-electron chi connectivity index (χ3n) is 4.64. The molecule has 2 fully saturated rings. The fraction of sp³-hybridized carbons (Fsp3) is 1.00. The Morgan fingerprint density at radius 1 is 0.895 bits per heavy atom. The van der Waals surface area contributed by atoms with Crippen molar-refractivity contribution in [1.29, 1.82) is 0 Å². The number of rotatable bonds is 7. The first-order chi connectivity index (χ1) is 9.38. The maximum atomic E-state index is 8.92. The molecule has 4 heteroatoms. The Morgan fingerprint density at radius 2 is 1.53 bits per heavy atom. The minimum Gasteiger partial charge on any atom is -0.395 e. The van der Waals surface area contributed by atoms with Gasteiger partial charge in [0.1, 0.15) is 0 Å². The highest BCUT2D eigenvalue weighted by atomic mass is 16.3. The molecule has 19 heavy (non-hydrogen) atoms. The van der Waals surface area contributed by atoms with Crippen molar-refractivity contribution in [1.82, 2.24) is 15.1 Å². The van der Waals surface area contributed by atoms with E-state index in [1.807, 2.05) is 0 Å². The number of nitrogens with zero attached hydrogens (tertiary/aromatic N) is 2. The first kappa shape index (κ1) is 15.2. The van der Waals surface area contributed by atoms with E-state index >= 15 is 0 Å². The summed E-state index contributed by atoms with van der Waals surface area (Å²) in [4.78, 5) is 4.90. The predicted molar refractivity (Wildman–Crippen MR) is 79.4 cm³/mol. The van der Waals surface area contributed by atoms with Crippen LogP contribution in [0.1, 0.15) is 32.1 Å². The smallest absolute Gasteiger partial charge is 0.0558 e. The van der Waals surface area contributed by atoms with Gasteiger partial charge in [-0.1, -0.05) is 19.3 Å². The molecule has 0 spiro atoms. The second-order valence-electron chi connectivity index (χ2n) is 6.12. The molecule has 0 atom stereocenters. The van der Waals surface area contributed by atoms with Crippen LogP contribution in [0.25, 0.3) is 0 Å². The molecule has 2 aliphatic rings. The molecule has 0 radical (unpaired) electrons. The van der Waals surface area contributed by atoms with Gasteiger partial charge in [-0.05, 0) is 25.3 Å². The largest absolute Gasteiger partial charge is 0.395 e. The summed E-state index contributed by atoms with van der Waals surface area (Å²) in [5, 5.41) is 12.6. The maximum absolute atomic E-state index is 8.92. The summed E-state index contributed by atoms with van der Waals surface area (Å²) in [6.07, 6.45) is 7.21. The average molecular weight is 269 g/mol. The monoisotopic (exact) mass is 269 g/mol. The first-order valence-corrected chi connectivity index (χ1v) is 8.15. The minimum absolute atomic E-state index is 0.295. The third kappa shape index (κ3) is 5.78. The fourth-order valence-corrected chi connectivity index (χ4v) is 3.31. The lowest BCUT2D eigenvalue weighted by Crippen LogP contribution is -2.48. The highest BCUT2D eigenvalue weighted by Gasteiger charge is 2.16. The van der Waals surface area contributed by atoms with E-state index in [9.17, 15) is 0 Å². The van der Waals surface area contributed by atoms with Gasteiger partial charge >= 0.3 is 0 Å². The van der Waals surface area contributed by atoms with Gasteiger partial charge in [0, 0.05) is 45.8 Å². The number of aliphatic hydroxyl groups is 1. The van der Waals surface area contributed by atoms with Crippen LogP contribution in [-0.2, 0) is 0 Å². The summed E-state index contributed by atoms with van der Waals surface area (Å²) in [6, 6.07) is 0. The number of β-amino-alcohol motifs (C(OH)–C–C–N with tert-alkyl or cyclic N) is 1. The lowest BCUT2D eigenvalue weighted by molar-refractivity contribution is 0.113. The molecule has 1 aliphatic heterocycles. The van der Waals surface area contributed by atoms with Crippen LogP contribution in [0.3, 0.4) is 0 Å². The van der Waals surface area contributed by atoms with Gasteiger partial charge in [0.2, 0.25) is 0 Å². The molecule has 0 bridgehead atoms. The molecule has 2 rings (SSSR count). The van der Waals surface area contributed by atoms with Gasteiger partial charge in [0.15, 0.2) is 0 Å². The molecular formula is C15H31N3O. The second-order valence-corrected chi connectivity index (χ2v) is 6.12. The molecule has 0 aromatic rings. The molecule has 0 aromatic carbocycles. The van der Waals surface area contributed by atoms with Gasteiger partial charge in [-0.2, -0.15) is 0 Å². The van der Waals surface area contributed by atoms with Crippen LogP contribution in [0, 0.1) is 5.92 Å². The van der Waals surface area contributed by atoms with Crippen LogP contribution in [0.15, 0.2) is 0 Å². The zero-order valence-corrected chi connectivity index (χ0v) is 12.3. The topological polar surface area (TPSA) is 38.7 Å². The van der Waals surface area contributed by atoms with Crippen molar-refractivity contribution >= 4 is 0 Å². The third-order valence-corrected chi connectivity index (χ3v) is 4.64. The molecule has 0 aromatic heterocycles. The number of hydrogen-bond donors (Lipinski definition) is 2. The van der Waals surface area contributed by atoms with Gasteiger partial charge < -0.3 is 10.4 Å². The molecule has 1 heterocycles. The zero-order valence-electron chi connectivity index (χ0n) is 12.3. The number of aliphatic hydroxyl groups excluding tert-OH is 1. The van der Waals surface area contributed by atoms with E-state index in [4.69, 9.17) is 5.11 Å². The van der Waals surface area contributed by atoms with Crippen molar-refractivity contribution in [2.75, 3.05) is 59.0 Å². The van der Waals surface area contributed by atoms with Crippen LogP contribution >= 0.6 is 0 Å². The molecule has 4 nitrogen and oxygen atoms in total. The van der Waals surface area contributed by atoms with Crippen molar-refractivity contribution in [3.63, 3.8) is 0 Å². The van der Waals surface area contributed by atoms with Crippen LogP contribution in [0.4, 0.5) is 0 Å². The Balaban J connectivity index is 1.47. The van der Waals surface area contributed by atoms with E-state index in [-0.39, 0.29) is 0 Å². The van der Waals surface area contributed by atoms with E-state index in [1.54, 1.807) is 0 Å². The summed E-state index contributed by atoms with van der Waals surface area (Å²) in [5.41, 5.74) is 0. The molecule has 2 N–H and O–H groups in total. The van der Waals surface area contributed by atoms with E-state index in [2.05, 4.69) is 15.1 Å². The summed E-state index contributed by atoms with van der Waals surface area (Å²) in [5.74, 6) is 0.940. The van der Waals surface area contributed by atoms with Gasteiger partial charge in [-0.15, -0.1) is 0 Å².